The van der Waals surface area contributed by atoms with Crippen LogP contribution in [0.1, 0.15) is 22.8 Å². The van der Waals surface area contributed by atoms with Gasteiger partial charge in [0.05, 0.1) is 28.5 Å². The van der Waals surface area contributed by atoms with Crippen molar-refractivity contribution in [2.75, 3.05) is 5.73 Å². The van der Waals surface area contributed by atoms with E-state index in [1.54, 1.807) is 9.36 Å². The monoisotopic (exact) mass is 277 g/mol. The summed E-state index contributed by atoms with van der Waals surface area (Å²) in [5.74, 6) is -0.352. The zero-order chi connectivity index (χ0) is 14.9. The highest BCUT2D eigenvalue weighted by molar-refractivity contribution is 5.69. The fraction of sp³-hybridized carbons (Fsp3) is 0.462. The average Bonchev–Trinajstić information content (AvgIpc) is 2.82. The molecule has 0 amide bonds. The van der Waals surface area contributed by atoms with Crippen molar-refractivity contribution in [1.82, 2.24) is 19.6 Å². The van der Waals surface area contributed by atoms with E-state index in [1.807, 2.05) is 33.9 Å². The molecule has 20 heavy (non-hydrogen) atoms. The van der Waals surface area contributed by atoms with E-state index in [9.17, 15) is 4.79 Å². The normalized spacial score (nSPS) is 10.8. The van der Waals surface area contributed by atoms with Crippen LogP contribution in [0.2, 0.25) is 0 Å². The van der Waals surface area contributed by atoms with Crippen LogP contribution in [0.5, 0.6) is 0 Å². The van der Waals surface area contributed by atoms with Gasteiger partial charge in [0.15, 0.2) is 0 Å². The van der Waals surface area contributed by atoms with E-state index >= 15 is 0 Å². The van der Waals surface area contributed by atoms with Crippen LogP contribution in [0, 0.1) is 20.8 Å². The van der Waals surface area contributed by atoms with Crippen molar-refractivity contribution in [2.45, 2.75) is 33.9 Å². The molecule has 0 bridgehead atoms. The maximum atomic E-state index is 11.8. The average molecular weight is 277 g/mol. The largest absolute Gasteiger partial charge is 0.458 e. The Morgan fingerprint density at radius 2 is 2.05 bits per heavy atom. The number of aryl methyl sites for hydroxylation is 3. The maximum absolute atomic E-state index is 11.8. The fourth-order valence-electron chi connectivity index (χ4n) is 1.99. The minimum Gasteiger partial charge on any atom is -0.458 e. The minimum atomic E-state index is -0.352. The first-order valence-corrected chi connectivity index (χ1v) is 6.33. The van der Waals surface area contributed by atoms with Crippen molar-refractivity contribution in [3.8, 4) is 0 Å². The topological polar surface area (TPSA) is 88.0 Å². The molecule has 0 aromatic carbocycles. The number of anilines is 1. The number of nitrogen functional groups attached to an aromatic ring is 1. The molecule has 7 heteroatoms. The van der Waals surface area contributed by atoms with Gasteiger partial charge < -0.3 is 10.5 Å². The Hall–Kier alpha value is -2.31. The molecule has 2 rings (SSSR count). The number of carbonyl (C=O) groups is 1. The Labute approximate surface area is 117 Å². The summed E-state index contributed by atoms with van der Waals surface area (Å²) in [6.07, 6.45) is 0. The Morgan fingerprint density at radius 3 is 2.55 bits per heavy atom. The number of ether oxygens (including phenoxy) is 1. The number of nitrogens with zero attached hydrogens (tertiary/aromatic N) is 4. The van der Waals surface area contributed by atoms with Crippen molar-refractivity contribution >= 4 is 11.7 Å². The third-order valence-corrected chi connectivity index (χ3v) is 3.20. The van der Waals surface area contributed by atoms with Gasteiger partial charge in [0.25, 0.3) is 0 Å². The van der Waals surface area contributed by atoms with Crippen LogP contribution in [0.15, 0.2) is 6.07 Å². The molecule has 0 saturated heterocycles. The molecule has 0 spiro atoms. The molecule has 0 aliphatic rings. The van der Waals surface area contributed by atoms with Crippen LogP contribution < -0.4 is 5.73 Å². The van der Waals surface area contributed by atoms with Gasteiger partial charge in [-0.1, -0.05) is 0 Å². The highest BCUT2D eigenvalue weighted by atomic mass is 16.5. The van der Waals surface area contributed by atoms with Gasteiger partial charge in [-0.2, -0.15) is 10.2 Å². The number of rotatable bonds is 4. The summed E-state index contributed by atoms with van der Waals surface area (Å²) in [4.78, 5) is 11.8. The zero-order valence-corrected chi connectivity index (χ0v) is 12.2. The zero-order valence-electron chi connectivity index (χ0n) is 12.2. The molecule has 108 valence electrons. The lowest BCUT2D eigenvalue weighted by molar-refractivity contribution is -0.146. The van der Waals surface area contributed by atoms with Crippen LogP contribution in [0.25, 0.3) is 0 Å². The number of carbonyl (C=O) groups excluding carboxylic acids is 1. The van der Waals surface area contributed by atoms with Gasteiger partial charge in [-0.3, -0.25) is 14.2 Å². The summed E-state index contributed by atoms with van der Waals surface area (Å²) < 4.78 is 8.48. The predicted octanol–water partition coefficient (Wildman–Crippen LogP) is 0.867. The molecule has 7 nitrogen and oxygen atoms in total. The lowest BCUT2D eigenvalue weighted by atomic mass is 10.3. The molecule has 0 aliphatic carbocycles. The summed E-state index contributed by atoms with van der Waals surface area (Å²) >= 11 is 0. The van der Waals surface area contributed by atoms with Crippen LogP contribution >= 0.6 is 0 Å². The smallest absolute Gasteiger partial charge is 0.328 e. The van der Waals surface area contributed by atoms with Crippen molar-refractivity contribution in [3.05, 3.63) is 28.8 Å². The standard InChI is InChI=1S/C13H19N5O2/c1-8-5-11(17(4)15-8)7-20-12(19)6-18-10(3)13(14)9(2)16-18/h5H,6-7,14H2,1-4H3. The molecule has 2 heterocycles. The predicted molar refractivity (Wildman–Crippen MR) is 73.9 cm³/mol. The highest BCUT2D eigenvalue weighted by Crippen LogP contribution is 2.14. The van der Waals surface area contributed by atoms with Gasteiger partial charge in [0.1, 0.15) is 13.2 Å². The second kappa shape index (κ2) is 5.36. The molecular formula is C13H19N5O2. The summed E-state index contributed by atoms with van der Waals surface area (Å²) in [6, 6.07) is 1.88. The minimum absolute atomic E-state index is 0.0563. The number of hydrogen-bond donors (Lipinski definition) is 1. The Bertz CT molecular complexity index is 641. The van der Waals surface area contributed by atoms with Gasteiger partial charge in [0, 0.05) is 7.05 Å². The third kappa shape index (κ3) is 2.81. The number of hydrogen-bond acceptors (Lipinski definition) is 5. The number of nitrogens with two attached hydrogens (primary N) is 1. The first-order valence-electron chi connectivity index (χ1n) is 6.33. The van der Waals surface area contributed by atoms with Crippen molar-refractivity contribution in [1.29, 1.82) is 0 Å². The molecule has 0 unspecified atom stereocenters. The number of esters is 1. The van der Waals surface area contributed by atoms with Gasteiger partial charge in [0.2, 0.25) is 0 Å². The van der Waals surface area contributed by atoms with Crippen LogP contribution in [0.4, 0.5) is 5.69 Å². The van der Waals surface area contributed by atoms with Crippen LogP contribution in [-0.4, -0.2) is 25.5 Å². The molecule has 0 radical (unpaired) electrons. The molecule has 0 atom stereocenters. The number of aromatic nitrogens is 4. The third-order valence-electron chi connectivity index (χ3n) is 3.20. The van der Waals surface area contributed by atoms with E-state index in [2.05, 4.69) is 10.2 Å². The lowest BCUT2D eigenvalue weighted by Crippen LogP contribution is -2.16. The highest BCUT2D eigenvalue weighted by Gasteiger charge is 2.13. The van der Waals surface area contributed by atoms with E-state index < -0.39 is 0 Å². The molecule has 0 saturated carbocycles. The summed E-state index contributed by atoms with van der Waals surface area (Å²) in [5.41, 5.74) is 9.67. The van der Waals surface area contributed by atoms with E-state index in [-0.39, 0.29) is 19.1 Å². The molecule has 2 N–H and O–H groups in total. The van der Waals surface area contributed by atoms with Crippen LogP contribution in [-0.2, 0) is 29.7 Å². The van der Waals surface area contributed by atoms with E-state index in [1.165, 1.54) is 0 Å². The Balaban J connectivity index is 1.96. The molecule has 2 aromatic rings. The second-order valence-corrected chi connectivity index (χ2v) is 4.80. The quantitative estimate of drug-likeness (QED) is 0.838. The molecule has 2 aromatic heterocycles. The van der Waals surface area contributed by atoms with E-state index in [4.69, 9.17) is 10.5 Å². The van der Waals surface area contributed by atoms with Gasteiger partial charge in [-0.15, -0.1) is 0 Å². The first kappa shape index (κ1) is 14.1. The van der Waals surface area contributed by atoms with Crippen molar-refractivity contribution in [3.63, 3.8) is 0 Å². The molecule has 0 aliphatic heterocycles. The molecular weight excluding hydrogens is 258 g/mol. The summed E-state index contributed by atoms with van der Waals surface area (Å²) in [6.45, 7) is 5.78. The lowest BCUT2D eigenvalue weighted by Gasteiger charge is -2.06. The van der Waals surface area contributed by atoms with E-state index in [0.29, 0.717) is 5.69 Å². The van der Waals surface area contributed by atoms with Crippen LogP contribution in [0.3, 0.4) is 0 Å². The maximum Gasteiger partial charge on any atom is 0.328 e. The summed E-state index contributed by atoms with van der Waals surface area (Å²) in [7, 11) is 1.82. The summed E-state index contributed by atoms with van der Waals surface area (Å²) in [5, 5.41) is 8.39. The first-order chi connectivity index (χ1) is 9.38. The van der Waals surface area contributed by atoms with Crippen molar-refractivity contribution < 1.29 is 9.53 Å². The Kier molecular flexibility index (Phi) is 3.78. The van der Waals surface area contributed by atoms with Crippen molar-refractivity contribution in [2.24, 2.45) is 7.05 Å². The SMILES string of the molecule is Cc1cc(COC(=O)Cn2nc(C)c(N)c2C)n(C)n1. The van der Waals surface area contributed by atoms with Gasteiger partial charge in [-0.05, 0) is 26.8 Å². The molecule has 0 fully saturated rings. The fourth-order valence-corrected chi connectivity index (χ4v) is 1.99. The second-order valence-electron chi connectivity index (χ2n) is 4.80. The van der Waals surface area contributed by atoms with Gasteiger partial charge in [-0.25, -0.2) is 0 Å². The Morgan fingerprint density at radius 1 is 1.35 bits per heavy atom. The van der Waals surface area contributed by atoms with E-state index in [0.717, 1.165) is 22.8 Å². The van der Waals surface area contributed by atoms with Gasteiger partial charge >= 0.3 is 5.97 Å².